The zero-order chi connectivity index (χ0) is 13.3. The Bertz CT molecular complexity index is 479. The zero-order valence-corrected chi connectivity index (χ0v) is 11.5. The third-order valence-corrected chi connectivity index (χ3v) is 3.98. The Balaban J connectivity index is 2.02. The van der Waals surface area contributed by atoms with Crippen molar-refractivity contribution >= 4 is 23.2 Å². The number of thiazole rings is 1. The Kier molecular flexibility index (Phi) is 3.38. The van der Waals surface area contributed by atoms with Gasteiger partial charge in [0.2, 0.25) is 5.91 Å². The number of hydrogen-bond acceptors (Lipinski definition) is 5. The number of hydrogen-bond donors (Lipinski definition) is 1. The highest BCUT2D eigenvalue weighted by Crippen LogP contribution is 2.47. The lowest BCUT2D eigenvalue weighted by Crippen LogP contribution is -2.39. The fourth-order valence-corrected chi connectivity index (χ4v) is 2.54. The van der Waals surface area contributed by atoms with Gasteiger partial charge in [-0.25, -0.2) is 4.98 Å². The second kappa shape index (κ2) is 4.68. The van der Waals surface area contributed by atoms with Crippen molar-refractivity contribution in [1.82, 2.24) is 10.3 Å². The third-order valence-electron chi connectivity index (χ3n) is 3.19. The highest BCUT2D eigenvalue weighted by Gasteiger charge is 2.58. The van der Waals surface area contributed by atoms with Crippen molar-refractivity contribution in [3.05, 3.63) is 16.1 Å². The van der Waals surface area contributed by atoms with Gasteiger partial charge in [0.1, 0.15) is 5.41 Å². The van der Waals surface area contributed by atoms with E-state index in [1.165, 1.54) is 18.4 Å². The highest BCUT2D eigenvalue weighted by molar-refractivity contribution is 7.09. The Hall–Kier alpha value is -1.43. The van der Waals surface area contributed by atoms with Crippen molar-refractivity contribution in [2.24, 2.45) is 5.41 Å². The second-order valence-corrected chi connectivity index (χ2v) is 5.62. The molecule has 1 atom stereocenters. The van der Waals surface area contributed by atoms with Crippen molar-refractivity contribution in [1.29, 1.82) is 0 Å². The number of esters is 1. The number of methoxy groups -OCH3 is 1. The number of aryl methyl sites for hydroxylation is 1. The van der Waals surface area contributed by atoms with Gasteiger partial charge in [-0.3, -0.25) is 9.59 Å². The molecule has 0 saturated heterocycles. The van der Waals surface area contributed by atoms with Crippen LogP contribution in [0.5, 0.6) is 0 Å². The van der Waals surface area contributed by atoms with E-state index in [1.807, 2.05) is 19.2 Å². The Morgan fingerprint density at radius 2 is 2.22 bits per heavy atom. The first kappa shape index (κ1) is 13.0. The molecule has 98 valence electrons. The van der Waals surface area contributed by atoms with E-state index in [-0.39, 0.29) is 11.9 Å². The molecule has 1 unspecified atom stereocenters. The number of rotatable bonds is 4. The van der Waals surface area contributed by atoms with Crippen LogP contribution in [0.3, 0.4) is 0 Å². The summed E-state index contributed by atoms with van der Waals surface area (Å²) in [6, 6.07) is -0.190. The molecule has 1 saturated carbocycles. The van der Waals surface area contributed by atoms with Crippen molar-refractivity contribution in [2.45, 2.75) is 32.7 Å². The van der Waals surface area contributed by atoms with Crippen molar-refractivity contribution < 1.29 is 14.3 Å². The quantitative estimate of drug-likeness (QED) is 0.665. The molecule has 1 N–H and O–H groups in total. The van der Waals surface area contributed by atoms with Crippen LogP contribution in [0.4, 0.5) is 0 Å². The van der Waals surface area contributed by atoms with Crippen molar-refractivity contribution in [3.8, 4) is 0 Å². The van der Waals surface area contributed by atoms with Gasteiger partial charge < -0.3 is 10.1 Å². The SMILES string of the molecule is COC(=O)C1(C(=O)NC(C)c2csc(C)n2)CC1. The molecular weight excluding hydrogens is 252 g/mol. The molecule has 2 rings (SSSR count). The molecule has 6 heteroatoms. The van der Waals surface area contributed by atoms with Crippen LogP contribution in [0.2, 0.25) is 0 Å². The van der Waals surface area contributed by atoms with Crippen LogP contribution >= 0.6 is 11.3 Å². The number of amides is 1. The van der Waals surface area contributed by atoms with E-state index in [1.54, 1.807) is 0 Å². The molecule has 1 aliphatic rings. The monoisotopic (exact) mass is 268 g/mol. The smallest absolute Gasteiger partial charge is 0.321 e. The summed E-state index contributed by atoms with van der Waals surface area (Å²) in [6.07, 6.45) is 1.13. The Morgan fingerprint density at radius 1 is 1.56 bits per heavy atom. The van der Waals surface area contributed by atoms with Crippen LogP contribution in [-0.2, 0) is 14.3 Å². The van der Waals surface area contributed by atoms with Crippen LogP contribution in [0.15, 0.2) is 5.38 Å². The van der Waals surface area contributed by atoms with E-state index in [0.717, 1.165) is 10.7 Å². The Morgan fingerprint density at radius 3 is 2.67 bits per heavy atom. The fraction of sp³-hybridized carbons (Fsp3) is 0.583. The van der Waals surface area contributed by atoms with E-state index in [4.69, 9.17) is 0 Å². The maximum atomic E-state index is 12.1. The molecule has 1 aliphatic carbocycles. The van der Waals surface area contributed by atoms with Gasteiger partial charge >= 0.3 is 5.97 Å². The lowest BCUT2D eigenvalue weighted by Gasteiger charge is -2.16. The van der Waals surface area contributed by atoms with Crippen molar-refractivity contribution in [3.63, 3.8) is 0 Å². The Labute approximate surface area is 110 Å². The molecule has 1 fully saturated rings. The van der Waals surface area contributed by atoms with E-state index in [0.29, 0.717) is 12.8 Å². The minimum atomic E-state index is -0.950. The summed E-state index contributed by atoms with van der Waals surface area (Å²) in [5, 5.41) is 5.71. The molecule has 1 aromatic rings. The molecule has 0 bridgehead atoms. The first-order valence-corrected chi connectivity index (χ1v) is 6.69. The van der Waals surface area contributed by atoms with Gasteiger partial charge in [0, 0.05) is 5.38 Å². The summed E-state index contributed by atoms with van der Waals surface area (Å²) in [5.41, 5.74) is -0.125. The van der Waals surface area contributed by atoms with Crippen LogP contribution < -0.4 is 5.32 Å². The molecule has 18 heavy (non-hydrogen) atoms. The van der Waals surface area contributed by atoms with Crippen LogP contribution in [0, 0.1) is 12.3 Å². The maximum Gasteiger partial charge on any atom is 0.321 e. The predicted octanol–water partition coefficient (Wildman–Crippen LogP) is 1.58. The normalized spacial score (nSPS) is 17.9. The molecule has 0 spiro atoms. The first-order valence-electron chi connectivity index (χ1n) is 5.81. The molecule has 1 heterocycles. The number of nitrogens with one attached hydrogen (secondary N) is 1. The maximum absolute atomic E-state index is 12.1. The number of carbonyl (C=O) groups excluding carboxylic acids is 2. The molecule has 0 aliphatic heterocycles. The summed E-state index contributed by atoms with van der Waals surface area (Å²) in [4.78, 5) is 28.0. The number of ether oxygens (including phenoxy) is 1. The summed E-state index contributed by atoms with van der Waals surface area (Å²) in [6.45, 7) is 3.78. The summed E-state index contributed by atoms with van der Waals surface area (Å²) >= 11 is 1.54. The zero-order valence-electron chi connectivity index (χ0n) is 10.6. The predicted molar refractivity (Wildman–Crippen MR) is 67.1 cm³/mol. The van der Waals surface area contributed by atoms with Gasteiger partial charge in [0.05, 0.1) is 23.9 Å². The lowest BCUT2D eigenvalue weighted by molar-refractivity contribution is -0.152. The first-order chi connectivity index (χ1) is 8.49. The van der Waals surface area contributed by atoms with E-state index < -0.39 is 11.4 Å². The van der Waals surface area contributed by atoms with Crippen LogP contribution in [0.25, 0.3) is 0 Å². The molecule has 5 nitrogen and oxygen atoms in total. The standard InChI is InChI=1S/C12H16N2O3S/c1-7(9-6-18-8(2)14-9)13-10(15)12(4-5-12)11(16)17-3/h6-7H,4-5H2,1-3H3,(H,13,15). The number of carbonyl (C=O) groups is 2. The average Bonchev–Trinajstić information content (AvgIpc) is 3.05. The summed E-state index contributed by atoms with van der Waals surface area (Å²) < 4.78 is 4.68. The fourth-order valence-electron chi connectivity index (χ4n) is 1.83. The van der Waals surface area contributed by atoms with Crippen molar-refractivity contribution in [2.75, 3.05) is 7.11 Å². The molecule has 1 amide bonds. The summed E-state index contributed by atoms with van der Waals surface area (Å²) in [7, 11) is 1.31. The van der Waals surface area contributed by atoms with E-state index >= 15 is 0 Å². The second-order valence-electron chi connectivity index (χ2n) is 4.56. The molecule has 0 aromatic carbocycles. The van der Waals surface area contributed by atoms with E-state index in [2.05, 4.69) is 15.0 Å². The highest BCUT2D eigenvalue weighted by atomic mass is 32.1. The minimum Gasteiger partial charge on any atom is -0.468 e. The van der Waals surface area contributed by atoms with Gasteiger partial charge in [0.15, 0.2) is 0 Å². The van der Waals surface area contributed by atoms with Gasteiger partial charge in [-0.2, -0.15) is 0 Å². The number of nitrogens with zero attached hydrogens (tertiary/aromatic N) is 1. The molecular formula is C12H16N2O3S. The van der Waals surface area contributed by atoms with Crippen LogP contribution in [-0.4, -0.2) is 24.0 Å². The molecule has 1 aromatic heterocycles. The van der Waals surface area contributed by atoms with Crippen LogP contribution in [0.1, 0.15) is 36.5 Å². The lowest BCUT2D eigenvalue weighted by atomic mass is 10.1. The summed E-state index contributed by atoms with van der Waals surface area (Å²) in [5.74, 6) is -0.700. The van der Waals surface area contributed by atoms with Gasteiger partial charge in [-0.05, 0) is 26.7 Å². The number of aromatic nitrogens is 1. The average molecular weight is 268 g/mol. The third kappa shape index (κ3) is 2.25. The van der Waals surface area contributed by atoms with Gasteiger partial charge in [0.25, 0.3) is 0 Å². The van der Waals surface area contributed by atoms with Gasteiger partial charge in [-0.15, -0.1) is 11.3 Å². The topological polar surface area (TPSA) is 68.3 Å². The van der Waals surface area contributed by atoms with Gasteiger partial charge in [-0.1, -0.05) is 0 Å². The largest absolute Gasteiger partial charge is 0.468 e. The minimum absolute atomic E-state index is 0.190. The molecule has 0 radical (unpaired) electrons. The van der Waals surface area contributed by atoms with E-state index in [9.17, 15) is 9.59 Å².